The van der Waals surface area contributed by atoms with E-state index in [0.29, 0.717) is 11.5 Å². The van der Waals surface area contributed by atoms with Gasteiger partial charge in [0.2, 0.25) is 17.7 Å². The molecule has 0 saturated carbocycles. The van der Waals surface area contributed by atoms with Crippen molar-refractivity contribution >= 4 is 17.7 Å². The fourth-order valence-corrected chi connectivity index (χ4v) is 3.26. The number of allylic oxidation sites excluding steroid dienone is 1. The Morgan fingerprint density at radius 1 is 1.03 bits per heavy atom. The fourth-order valence-electron chi connectivity index (χ4n) is 3.26. The van der Waals surface area contributed by atoms with Crippen molar-refractivity contribution in [1.82, 2.24) is 15.5 Å². The number of nitrogens with one attached hydrogen (secondary N) is 2. The van der Waals surface area contributed by atoms with Crippen molar-refractivity contribution in [3.8, 4) is 0 Å². The summed E-state index contributed by atoms with van der Waals surface area (Å²) in [6, 6.07) is -1.11. The highest BCUT2D eigenvalue weighted by molar-refractivity contribution is 5.91. The van der Waals surface area contributed by atoms with Crippen molar-refractivity contribution < 1.29 is 19.1 Å². The maximum absolute atomic E-state index is 13.4. The molecule has 0 saturated heterocycles. The molecule has 0 aromatic rings. The maximum Gasteiger partial charge on any atom is 0.249 e. The van der Waals surface area contributed by atoms with Gasteiger partial charge in [0, 0.05) is 7.05 Å². The maximum atomic E-state index is 13.4. The van der Waals surface area contributed by atoms with Gasteiger partial charge in [-0.15, -0.1) is 0 Å². The molecule has 0 fully saturated rings. The molecule has 0 aliphatic heterocycles. The molecule has 0 spiro atoms. The molecular weight excluding hydrogens is 372 g/mol. The summed E-state index contributed by atoms with van der Waals surface area (Å²) in [5.74, 6) is -0.742. The molecule has 0 unspecified atom stereocenters. The van der Waals surface area contributed by atoms with Crippen LogP contribution >= 0.6 is 0 Å². The van der Waals surface area contributed by atoms with Crippen LogP contribution in [0, 0.1) is 17.8 Å². The number of likely N-dealkylation sites (N-methyl/N-ethyl adjacent to an activating group) is 2. The van der Waals surface area contributed by atoms with E-state index in [2.05, 4.69) is 10.6 Å². The quantitative estimate of drug-likeness (QED) is 0.421. The second kappa shape index (κ2) is 12.5. The minimum atomic E-state index is -0.715. The van der Waals surface area contributed by atoms with Crippen LogP contribution in [0.2, 0.25) is 0 Å². The minimum absolute atomic E-state index is 0.0394. The molecule has 8 heteroatoms. The Balaban J connectivity index is 5.95. The summed E-state index contributed by atoms with van der Waals surface area (Å²) in [5.41, 5.74) is 5.96. The summed E-state index contributed by atoms with van der Waals surface area (Å²) in [6.45, 7) is 11.6. The predicted octanol–water partition coefficient (Wildman–Crippen LogP) is 1.61. The topological polar surface area (TPSA) is 114 Å². The highest BCUT2D eigenvalue weighted by Gasteiger charge is 2.33. The second-order valence-corrected chi connectivity index (χ2v) is 8.10. The number of nitrogens with two attached hydrogens (primary N) is 1. The fraction of sp³-hybridized carbons (Fsp3) is 0.762. The van der Waals surface area contributed by atoms with Crippen molar-refractivity contribution in [3.63, 3.8) is 0 Å². The lowest BCUT2D eigenvalue weighted by Crippen LogP contribution is -2.55. The molecule has 3 amide bonds. The van der Waals surface area contributed by atoms with Gasteiger partial charge in [-0.2, -0.15) is 0 Å². The van der Waals surface area contributed by atoms with Crippen LogP contribution in [0.1, 0.15) is 54.4 Å². The number of amides is 3. The Hall–Kier alpha value is -2.09. The Kier molecular flexibility index (Phi) is 11.6. The number of carbonyl (C=O) groups excluding carboxylic acids is 3. The summed E-state index contributed by atoms with van der Waals surface area (Å²) < 4.78 is 5.41. The molecule has 0 aliphatic rings. The predicted molar refractivity (Wildman–Crippen MR) is 115 cm³/mol. The van der Waals surface area contributed by atoms with Crippen molar-refractivity contribution in [2.75, 3.05) is 21.2 Å². The molecule has 168 valence electrons. The second-order valence-electron chi connectivity index (χ2n) is 8.10. The third-order valence-electron chi connectivity index (χ3n) is 5.13. The summed E-state index contributed by atoms with van der Waals surface area (Å²) >= 11 is 0. The Bertz CT molecular complexity index is 601. The number of methoxy groups -OCH3 is 1. The van der Waals surface area contributed by atoms with E-state index in [1.54, 1.807) is 14.1 Å². The molecule has 3 atom stereocenters. The lowest BCUT2D eigenvalue weighted by molar-refractivity contribution is -0.136. The summed E-state index contributed by atoms with van der Waals surface area (Å²) in [6.07, 6.45) is 0.647. The molecule has 0 radical (unpaired) electrons. The number of hydrogen-bond acceptors (Lipinski definition) is 5. The van der Waals surface area contributed by atoms with Gasteiger partial charge in [-0.25, -0.2) is 0 Å². The van der Waals surface area contributed by atoms with Crippen LogP contribution in [0.4, 0.5) is 0 Å². The molecule has 0 heterocycles. The zero-order valence-electron chi connectivity index (χ0n) is 19.5. The Labute approximate surface area is 175 Å². The van der Waals surface area contributed by atoms with Crippen LogP contribution in [0.25, 0.3) is 0 Å². The highest BCUT2D eigenvalue weighted by Crippen LogP contribution is 2.25. The first kappa shape index (κ1) is 26.9. The van der Waals surface area contributed by atoms with E-state index in [9.17, 15) is 14.4 Å². The van der Waals surface area contributed by atoms with Crippen LogP contribution in [0.5, 0.6) is 0 Å². The molecular formula is C21H40N4O4. The van der Waals surface area contributed by atoms with Gasteiger partial charge < -0.3 is 26.0 Å². The van der Waals surface area contributed by atoms with E-state index in [0.717, 1.165) is 6.42 Å². The number of carbonyl (C=O) groups is 3. The van der Waals surface area contributed by atoms with Crippen LogP contribution in [-0.2, 0) is 19.1 Å². The number of primary amides is 1. The first-order valence-corrected chi connectivity index (χ1v) is 10.2. The van der Waals surface area contributed by atoms with E-state index in [-0.39, 0.29) is 36.0 Å². The number of hydrogen-bond donors (Lipinski definition) is 3. The van der Waals surface area contributed by atoms with E-state index in [1.807, 2.05) is 41.5 Å². The lowest BCUT2D eigenvalue weighted by atomic mass is 9.97. The van der Waals surface area contributed by atoms with Crippen molar-refractivity contribution in [1.29, 1.82) is 0 Å². The summed E-state index contributed by atoms with van der Waals surface area (Å²) in [4.78, 5) is 39.0. The van der Waals surface area contributed by atoms with E-state index < -0.39 is 18.0 Å². The third kappa shape index (κ3) is 7.68. The van der Waals surface area contributed by atoms with Gasteiger partial charge in [-0.1, -0.05) is 41.5 Å². The van der Waals surface area contributed by atoms with E-state index in [1.165, 1.54) is 12.0 Å². The highest BCUT2D eigenvalue weighted by atomic mass is 16.5. The summed E-state index contributed by atoms with van der Waals surface area (Å²) in [5, 5.41) is 5.89. The van der Waals surface area contributed by atoms with E-state index >= 15 is 0 Å². The van der Waals surface area contributed by atoms with Gasteiger partial charge in [-0.05, 0) is 31.2 Å². The van der Waals surface area contributed by atoms with Crippen LogP contribution < -0.4 is 16.4 Å². The van der Waals surface area contributed by atoms with Crippen LogP contribution in [0.15, 0.2) is 11.5 Å². The average molecular weight is 413 g/mol. The van der Waals surface area contributed by atoms with Crippen molar-refractivity contribution in [3.05, 3.63) is 11.5 Å². The van der Waals surface area contributed by atoms with Gasteiger partial charge in [0.05, 0.1) is 25.3 Å². The Morgan fingerprint density at radius 3 is 1.90 bits per heavy atom. The van der Waals surface area contributed by atoms with Gasteiger partial charge in [0.15, 0.2) is 0 Å². The molecule has 29 heavy (non-hydrogen) atoms. The smallest absolute Gasteiger partial charge is 0.249 e. The van der Waals surface area contributed by atoms with E-state index in [4.69, 9.17) is 10.5 Å². The van der Waals surface area contributed by atoms with Gasteiger partial charge >= 0.3 is 0 Å². The molecule has 8 nitrogen and oxygen atoms in total. The van der Waals surface area contributed by atoms with Gasteiger partial charge in [0.25, 0.3) is 0 Å². The number of nitrogens with zero attached hydrogens (tertiary/aromatic N) is 1. The zero-order valence-corrected chi connectivity index (χ0v) is 19.5. The average Bonchev–Trinajstić information content (AvgIpc) is 2.63. The van der Waals surface area contributed by atoms with Crippen molar-refractivity contribution in [2.45, 2.75) is 66.5 Å². The summed E-state index contributed by atoms with van der Waals surface area (Å²) in [7, 11) is 4.82. The molecule has 0 rings (SSSR count). The zero-order chi connectivity index (χ0) is 22.9. The largest absolute Gasteiger partial charge is 0.499 e. The SMILES string of the molecule is CC[C@H](C)/C(=C(\CC(N)=O)OC)N(C)C(=O)[C@@H](NC(=O)[C@@H](NC)C(C)C)C(C)C. The lowest BCUT2D eigenvalue weighted by Gasteiger charge is -2.33. The number of rotatable bonds is 12. The monoisotopic (exact) mass is 412 g/mol. The third-order valence-corrected chi connectivity index (χ3v) is 5.13. The van der Waals surface area contributed by atoms with Crippen LogP contribution in [-0.4, -0.2) is 55.9 Å². The number of ether oxygens (including phenoxy) is 1. The van der Waals surface area contributed by atoms with Crippen LogP contribution in [0.3, 0.4) is 0 Å². The van der Waals surface area contributed by atoms with Crippen molar-refractivity contribution in [2.24, 2.45) is 23.5 Å². The first-order chi connectivity index (χ1) is 13.4. The minimum Gasteiger partial charge on any atom is -0.499 e. The Morgan fingerprint density at radius 2 is 1.55 bits per heavy atom. The van der Waals surface area contributed by atoms with Gasteiger partial charge in [0.1, 0.15) is 11.8 Å². The molecule has 0 aromatic carbocycles. The molecule has 0 aromatic heterocycles. The normalized spacial score (nSPS) is 15.4. The molecule has 4 N–H and O–H groups in total. The van der Waals surface area contributed by atoms with Gasteiger partial charge in [-0.3, -0.25) is 14.4 Å². The molecule has 0 aliphatic carbocycles. The molecule has 0 bridgehead atoms. The standard InChI is InChI=1S/C21H40N4O4/c1-10-14(6)19(15(29-9)11-16(22)26)25(8)21(28)18(13(4)5)24-20(27)17(23-7)12(2)3/h12-14,17-18,23H,10-11H2,1-9H3,(H2,22,26)(H,24,27)/b19-15-/t14-,17-,18-/m0/s1. The first-order valence-electron chi connectivity index (χ1n) is 10.2.